The molecule has 21 heavy (non-hydrogen) atoms. The predicted octanol–water partition coefficient (Wildman–Crippen LogP) is 4.66. The minimum atomic E-state index is -0.930. The summed E-state index contributed by atoms with van der Waals surface area (Å²) in [4.78, 5) is 11.4. The third-order valence-electron chi connectivity index (χ3n) is 3.98. The molecule has 1 N–H and O–H groups in total. The molecule has 1 aliphatic heterocycles. The van der Waals surface area contributed by atoms with Crippen LogP contribution in [0, 0.1) is 0 Å². The van der Waals surface area contributed by atoms with E-state index in [4.69, 9.17) is 4.74 Å². The summed E-state index contributed by atoms with van der Waals surface area (Å²) in [6.45, 7) is 5.75. The standard InChI is InChI=1S/C18H30O3/c1-3-4-5-6-7-8-9-10-11-12-13-14-16-17(19)15(2)21-18(16)20/h14,17,19H,2-13H2,1H3. The van der Waals surface area contributed by atoms with Gasteiger partial charge in [-0.05, 0) is 12.8 Å². The fraction of sp³-hybridized carbons (Fsp3) is 0.722. The van der Waals surface area contributed by atoms with Gasteiger partial charge in [0.2, 0.25) is 0 Å². The van der Waals surface area contributed by atoms with Crippen LogP contribution in [0.3, 0.4) is 0 Å². The lowest BCUT2D eigenvalue weighted by Gasteiger charge is -2.02. The first-order valence-corrected chi connectivity index (χ1v) is 8.46. The van der Waals surface area contributed by atoms with Crippen molar-refractivity contribution in [2.24, 2.45) is 0 Å². The van der Waals surface area contributed by atoms with Crippen molar-refractivity contribution in [2.75, 3.05) is 0 Å². The molecule has 0 aromatic rings. The number of hydrogen-bond acceptors (Lipinski definition) is 3. The molecule has 1 fully saturated rings. The number of unbranched alkanes of at least 4 members (excludes halogenated alkanes) is 10. The average Bonchev–Trinajstić information content (AvgIpc) is 2.70. The number of esters is 1. The summed E-state index contributed by atoms with van der Waals surface area (Å²) >= 11 is 0. The number of carbonyl (C=O) groups is 1. The quantitative estimate of drug-likeness (QED) is 0.342. The highest BCUT2D eigenvalue weighted by molar-refractivity contribution is 5.93. The third kappa shape index (κ3) is 6.94. The Morgan fingerprint density at radius 3 is 2.05 bits per heavy atom. The van der Waals surface area contributed by atoms with Crippen LogP contribution < -0.4 is 0 Å². The summed E-state index contributed by atoms with van der Waals surface area (Å²) in [5.74, 6) is -0.297. The zero-order valence-electron chi connectivity index (χ0n) is 13.4. The van der Waals surface area contributed by atoms with Crippen LogP contribution in [0.4, 0.5) is 0 Å². The van der Waals surface area contributed by atoms with Crippen LogP contribution in [-0.4, -0.2) is 17.2 Å². The van der Waals surface area contributed by atoms with Crippen molar-refractivity contribution in [1.82, 2.24) is 0 Å². The minimum Gasteiger partial charge on any atom is -0.425 e. The third-order valence-corrected chi connectivity index (χ3v) is 3.98. The Morgan fingerprint density at radius 1 is 1.05 bits per heavy atom. The van der Waals surface area contributed by atoms with Crippen molar-refractivity contribution in [3.8, 4) is 0 Å². The lowest BCUT2D eigenvalue weighted by Crippen LogP contribution is -2.07. The molecule has 1 rings (SSSR count). The number of ether oxygens (including phenoxy) is 1. The van der Waals surface area contributed by atoms with Crippen LogP contribution in [0.15, 0.2) is 24.0 Å². The summed E-state index contributed by atoms with van der Waals surface area (Å²) < 4.78 is 4.78. The molecule has 0 amide bonds. The zero-order chi connectivity index (χ0) is 15.5. The molecule has 1 unspecified atom stereocenters. The monoisotopic (exact) mass is 294 g/mol. The van der Waals surface area contributed by atoms with Crippen LogP contribution >= 0.6 is 0 Å². The van der Waals surface area contributed by atoms with Gasteiger partial charge in [0.15, 0.2) is 0 Å². The van der Waals surface area contributed by atoms with Gasteiger partial charge in [-0.15, -0.1) is 0 Å². The Morgan fingerprint density at radius 2 is 1.57 bits per heavy atom. The molecule has 0 aliphatic carbocycles. The molecule has 3 nitrogen and oxygen atoms in total. The van der Waals surface area contributed by atoms with Crippen molar-refractivity contribution >= 4 is 5.97 Å². The molecule has 3 heteroatoms. The molecule has 0 aromatic carbocycles. The Kier molecular flexibility index (Phi) is 9.07. The zero-order valence-corrected chi connectivity index (χ0v) is 13.4. The molecule has 1 aliphatic rings. The van der Waals surface area contributed by atoms with Gasteiger partial charge in [0.1, 0.15) is 11.9 Å². The van der Waals surface area contributed by atoms with Crippen molar-refractivity contribution in [2.45, 2.75) is 83.7 Å². The van der Waals surface area contributed by atoms with E-state index in [1.807, 2.05) is 0 Å². The maximum absolute atomic E-state index is 11.4. The lowest BCUT2D eigenvalue weighted by atomic mass is 10.0. The highest BCUT2D eigenvalue weighted by atomic mass is 16.6. The van der Waals surface area contributed by atoms with E-state index in [1.165, 1.54) is 57.8 Å². The summed E-state index contributed by atoms with van der Waals surface area (Å²) in [5, 5.41) is 9.68. The number of carbonyl (C=O) groups excluding carboxylic acids is 1. The van der Waals surface area contributed by atoms with Gasteiger partial charge in [0, 0.05) is 0 Å². The number of aliphatic hydroxyl groups excluding tert-OH is 1. The van der Waals surface area contributed by atoms with Crippen LogP contribution in [0.1, 0.15) is 77.6 Å². The van der Waals surface area contributed by atoms with E-state index in [9.17, 15) is 9.90 Å². The molecule has 1 heterocycles. The molecule has 0 radical (unpaired) electrons. The highest BCUT2D eigenvalue weighted by Gasteiger charge is 2.32. The molecule has 0 aromatic heterocycles. The first-order valence-electron chi connectivity index (χ1n) is 8.46. The molecule has 1 atom stereocenters. The van der Waals surface area contributed by atoms with E-state index in [2.05, 4.69) is 13.5 Å². The van der Waals surface area contributed by atoms with Gasteiger partial charge in [0.25, 0.3) is 0 Å². The van der Waals surface area contributed by atoms with Crippen LogP contribution in [-0.2, 0) is 9.53 Å². The minimum absolute atomic E-state index is 0.148. The van der Waals surface area contributed by atoms with Gasteiger partial charge in [-0.2, -0.15) is 0 Å². The summed E-state index contributed by atoms with van der Waals surface area (Å²) in [6.07, 6.45) is 14.7. The smallest absolute Gasteiger partial charge is 0.341 e. The van der Waals surface area contributed by atoms with E-state index < -0.39 is 12.1 Å². The number of rotatable bonds is 11. The number of hydrogen-bond donors (Lipinski definition) is 1. The predicted molar refractivity (Wildman–Crippen MR) is 85.8 cm³/mol. The second kappa shape index (κ2) is 10.6. The average molecular weight is 294 g/mol. The number of cyclic esters (lactones) is 1. The maximum atomic E-state index is 11.4. The molecule has 0 bridgehead atoms. The van der Waals surface area contributed by atoms with E-state index in [0.717, 1.165) is 12.8 Å². The molecule has 1 saturated heterocycles. The van der Waals surface area contributed by atoms with E-state index in [-0.39, 0.29) is 5.76 Å². The molecule has 120 valence electrons. The summed E-state index contributed by atoms with van der Waals surface area (Å²) in [5.41, 5.74) is 0.357. The largest absolute Gasteiger partial charge is 0.425 e. The van der Waals surface area contributed by atoms with Gasteiger partial charge in [0.05, 0.1) is 5.57 Å². The first-order chi connectivity index (χ1) is 10.2. The van der Waals surface area contributed by atoms with E-state index in [0.29, 0.717) is 5.57 Å². The second-order valence-corrected chi connectivity index (χ2v) is 5.89. The summed E-state index contributed by atoms with van der Waals surface area (Å²) in [7, 11) is 0. The first kappa shape index (κ1) is 18.0. The lowest BCUT2D eigenvalue weighted by molar-refractivity contribution is -0.132. The van der Waals surface area contributed by atoms with Crippen molar-refractivity contribution in [3.63, 3.8) is 0 Å². The Labute approximate surface area is 129 Å². The highest BCUT2D eigenvalue weighted by Crippen LogP contribution is 2.23. The number of aliphatic hydroxyl groups is 1. The van der Waals surface area contributed by atoms with Gasteiger partial charge in [-0.3, -0.25) is 0 Å². The van der Waals surface area contributed by atoms with E-state index >= 15 is 0 Å². The Bertz CT molecular complexity index is 357. The van der Waals surface area contributed by atoms with Crippen molar-refractivity contribution in [3.05, 3.63) is 24.0 Å². The van der Waals surface area contributed by atoms with Crippen LogP contribution in [0.25, 0.3) is 0 Å². The van der Waals surface area contributed by atoms with Crippen LogP contribution in [0.2, 0.25) is 0 Å². The molecular weight excluding hydrogens is 264 g/mol. The molecule has 0 saturated carbocycles. The van der Waals surface area contributed by atoms with Crippen LogP contribution in [0.5, 0.6) is 0 Å². The van der Waals surface area contributed by atoms with Crippen molar-refractivity contribution < 1.29 is 14.6 Å². The fourth-order valence-electron chi connectivity index (χ4n) is 2.60. The maximum Gasteiger partial charge on any atom is 0.341 e. The normalized spacial score (nSPS) is 20.3. The second-order valence-electron chi connectivity index (χ2n) is 5.89. The molecule has 0 spiro atoms. The van der Waals surface area contributed by atoms with Gasteiger partial charge in [-0.25, -0.2) is 4.79 Å². The Balaban J connectivity index is 1.97. The fourth-order valence-corrected chi connectivity index (χ4v) is 2.60. The number of allylic oxidation sites excluding steroid dienone is 1. The van der Waals surface area contributed by atoms with Crippen molar-refractivity contribution in [1.29, 1.82) is 0 Å². The Hall–Kier alpha value is -1.09. The van der Waals surface area contributed by atoms with Gasteiger partial charge in [-0.1, -0.05) is 77.4 Å². The summed E-state index contributed by atoms with van der Waals surface area (Å²) in [6, 6.07) is 0. The SMILES string of the molecule is C=C1OC(=O)C(=CCCCCCCCCCCCC)C1O. The van der Waals surface area contributed by atoms with E-state index in [1.54, 1.807) is 6.08 Å². The van der Waals surface area contributed by atoms with Gasteiger partial charge < -0.3 is 9.84 Å². The van der Waals surface area contributed by atoms with Gasteiger partial charge >= 0.3 is 5.97 Å². The topological polar surface area (TPSA) is 46.5 Å². The molecular formula is C18H30O3.